The summed E-state index contributed by atoms with van der Waals surface area (Å²) in [6, 6.07) is 10.1. The van der Waals surface area contributed by atoms with Gasteiger partial charge in [0, 0.05) is 6.61 Å². The lowest BCUT2D eigenvalue weighted by Crippen LogP contribution is -2.39. The maximum absolute atomic E-state index is 11.6. The van der Waals surface area contributed by atoms with E-state index in [4.69, 9.17) is 9.47 Å². The van der Waals surface area contributed by atoms with Crippen LogP contribution in [0.1, 0.15) is 58.4 Å². The van der Waals surface area contributed by atoms with Crippen molar-refractivity contribution in [1.82, 2.24) is 5.32 Å². The van der Waals surface area contributed by atoms with Crippen molar-refractivity contribution in [3.05, 3.63) is 35.9 Å². The maximum Gasteiger partial charge on any atom is 0.409 e. The Hall–Kier alpha value is -1.59. The molecule has 25 heavy (non-hydrogen) atoms. The SMILES string of the molecule is CC(C)(C)OC(=O)N[C@@H](O)CCC1(CCOCc2ccccc2)CC1. The summed E-state index contributed by atoms with van der Waals surface area (Å²) in [5.74, 6) is 0. The van der Waals surface area contributed by atoms with Crippen molar-refractivity contribution in [2.45, 2.75) is 71.3 Å². The summed E-state index contributed by atoms with van der Waals surface area (Å²) < 4.78 is 10.9. The van der Waals surface area contributed by atoms with Crippen molar-refractivity contribution in [2.24, 2.45) is 5.41 Å². The molecule has 0 spiro atoms. The molecular formula is C20H31NO4. The Balaban J connectivity index is 1.60. The first kappa shape index (κ1) is 19.7. The van der Waals surface area contributed by atoms with Crippen LogP contribution >= 0.6 is 0 Å². The third-order valence-electron chi connectivity index (χ3n) is 4.48. The number of nitrogens with one attached hydrogen (secondary N) is 1. The largest absolute Gasteiger partial charge is 0.444 e. The van der Waals surface area contributed by atoms with Crippen LogP contribution in [0.4, 0.5) is 4.79 Å². The fraction of sp³-hybridized carbons (Fsp3) is 0.650. The fourth-order valence-electron chi connectivity index (χ4n) is 2.81. The second kappa shape index (κ2) is 8.68. The minimum absolute atomic E-state index is 0.271. The van der Waals surface area contributed by atoms with Gasteiger partial charge in [0.05, 0.1) is 6.61 Å². The molecular weight excluding hydrogens is 318 g/mol. The van der Waals surface area contributed by atoms with Gasteiger partial charge in [0.25, 0.3) is 0 Å². The van der Waals surface area contributed by atoms with E-state index in [1.807, 2.05) is 18.2 Å². The van der Waals surface area contributed by atoms with Gasteiger partial charge in [-0.3, -0.25) is 5.32 Å². The molecule has 1 atom stereocenters. The summed E-state index contributed by atoms with van der Waals surface area (Å²) in [6.45, 7) is 6.76. The van der Waals surface area contributed by atoms with Crippen molar-refractivity contribution in [3.8, 4) is 0 Å². The number of hydrogen-bond donors (Lipinski definition) is 2. The molecule has 2 N–H and O–H groups in total. The minimum Gasteiger partial charge on any atom is -0.444 e. The number of rotatable bonds is 9. The highest BCUT2D eigenvalue weighted by molar-refractivity contribution is 5.67. The van der Waals surface area contributed by atoms with E-state index in [9.17, 15) is 9.90 Å². The molecule has 5 nitrogen and oxygen atoms in total. The van der Waals surface area contributed by atoms with Crippen LogP contribution in [-0.2, 0) is 16.1 Å². The Morgan fingerprint density at radius 3 is 2.52 bits per heavy atom. The van der Waals surface area contributed by atoms with Crippen LogP contribution in [0.25, 0.3) is 0 Å². The summed E-state index contributed by atoms with van der Waals surface area (Å²) >= 11 is 0. The van der Waals surface area contributed by atoms with Gasteiger partial charge < -0.3 is 14.6 Å². The lowest BCUT2D eigenvalue weighted by Gasteiger charge is -2.22. The van der Waals surface area contributed by atoms with E-state index in [2.05, 4.69) is 17.4 Å². The number of alkyl carbamates (subject to hydrolysis) is 1. The first-order valence-electron chi connectivity index (χ1n) is 9.07. The molecule has 0 unspecified atom stereocenters. The van der Waals surface area contributed by atoms with Gasteiger partial charge in [-0.05, 0) is 63.9 Å². The quantitative estimate of drug-likeness (QED) is 0.522. The second-order valence-electron chi connectivity index (χ2n) is 7.99. The molecule has 1 saturated carbocycles. The predicted molar refractivity (Wildman–Crippen MR) is 97.0 cm³/mol. The molecule has 140 valence electrons. The third kappa shape index (κ3) is 7.88. The Labute approximate surface area is 150 Å². The van der Waals surface area contributed by atoms with Gasteiger partial charge >= 0.3 is 6.09 Å². The highest BCUT2D eigenvalue weighted by Crippen LogP contribution is 2.52. The van der Waals surface area contributed by atoms with E-state index in [0.717, 1.165) is 19.4 Å². The second-order valence-corrected chi connectivity index (χ2v) is 7.99. The summed E-state index contributed by atoms with van der Waals surface area (Å²) in [5, 5.41) is 12.5. The molecule has 5 heteroatoms. The van der Waals surface area contributed by atoms with Gasteiger partial charge in [-0.1, -0.05) is 30.3 Å². The van der Waals surface area contributed by atoms with E-state index in [0.29, 0.717) is 13.0 Å². The Kier molecular flexibility index (Phi) is 6.85. The van der Waals surface area contributed by atoms with E-state index in [1.54, 1.807) is 20.8 Å². The molecule has 1 amide bonds. The number of carbonyl (C=O) groups is 1. The van der Waals surface area contributed by atoms with Crippen LogP contribution in [0.3, 0.4) is 0 Å². The summed E-state index contributed by atoms with van der Waals surface area (Å²) in [7, 11) is 0. The van der Waals surface area contributed by atoms with Crippen molar-refractivity contribution in [2.75, 3.05) is 6.61 Å². The zero-order chi connectivity index (χ0) is 18.3. The normalized spacial score (nSPS) is 17.0. The van der Waals surface area contributed by atoms with Gasteiger partial charge in [0.1, 0.15) is 11.8 Å². The van der Waals surface area contributed by atoms with E-state index >= 15 is 0 Å². The van der Waals surface area contributed by atoms with Crippen LogP contribution in [0.5, 0.6) is 0 Å². The molecule has 0 saturated heterocycles. The topological polar surface area (TPSA) is 67.8 Å². The minimum atomic E-state index is -0.863. The van der Waals surface area contributed by atoms with Crippen LogP contribution in [0.15, 0.2) is 30.3 Å². The molecule has 2 rings (SSSR count). The van der Waals surface area contributed by atoms with E-state index in [1.165, 1.54) is 18.4 Å². The van der Waals surface area contributed by atoms with Gasteiger partial charge in [-0.25, -0.2) is 4.79 Å². The van der Waals surface area contributed by atoms with E-state index in [-0.39, 0.29) is 5.41 Å². The number of aliphatic hydroxyl groups is 1. The molecule has 1 aromatic rings. The molecule has 1 fully saturated rings. The zero-order valence-corrected chi connectivity index (χ0v) is 15.6. The lowest BCUT2D eigenvalue weighted by atomic mass is 9.96. The summed E-state index contributed by atoms with van der Waals surface area (Å²) in [6.07, 6.45) is 3.32. The zero-order valence-electron chi connectivity index (χ0n) is 15.6. The standard InChI is InChI=1S/C20H31NO4/c1-19(2,3)25-18(23)21-17(22)9-10-20(11-12-20)13-14-24-15-16-7-5-4-6-8-16/h4-8,17,22H,9-15H2,1-3H3,(H,21,23)/t17-/m0/s1. The lowest BCUT2D eigenvalue weighted by molar-refractivity contribution is 0.0322. The number of carbonyl (C=O) groups excluding carboxylic acids is 1. The predicted octanol–water partition coefficient (Wildman–Crippen LogP) is 4.00. The molecule has 0 heterocycles. The van der Waals surface area contributed by atoms with Gasteiger partial charge in [0.15, 0.2) is 0 Å². The fourth-order valence-corrected chi connectivity index (χ4v) is 2.81. The van der Waals surface area contributed by atoms with Crippen LogP contribution in [0, 0.1) is 5.41 Å². The van der Waals surface area contributed by atoms with Crippen LogP contribution in [-0.4, -0.2) is 29.6 Å². The number of hydrogen-bond acceptors (Lipinski definition) is 4. The number of ether oxygens (including phenoxy) is 2. The maximum atomic E-state index is 11.6. The Bertz CT molecular complexity index is 534. The smallest absolute Gasteiger partial charge is 0.409 e. The van der Waals surface area contributed by atoms with Crippen molar-refractivity contribution >= 4 is 6.09 Å². The van der Waals surface area contributed by atoms with Gasteiger partial charge in [0.2, 0.25) is 0 Å². The van der Waals surface area contributed by atoms with E-state index < -0.39 is 17.9 Å². The molecule has 0 aliphatic heterocycles. The molecule has 1 aromatic carbocycles. The van der Waals surface area contributed by atoms with Gasteiger partial charge in [-0.2, -0.15) is 0 Å². The highest BCUT2D eigenvalue weighted by atomic mass is 16.6. The molecule has 0 bridgehead atoms. The van der Waals surface area contributed by atoms with Crippen molar-refractivity contribution < 1.29 is 19.4 Å². The van der Waals surface area contributed by atoms with Crippen molar-refractivity contribution in [3.63, 3.8) is 0 Å². The summed E-state index contributed by atoms with van der Waals surface area (Å²) in [4.78, 5) is 11.6. The molecule has 0 aromatic heterocycles. The molecule has 1 aliphatic rings. The molecule has 1 aliphatic carbocycles. The first-order valence-corrected chi connectivity index (χ1v) is 9.07. The number of benzene rings is 1. The average molecular weight is 349 g/mol. The monoisotopic (exact) mass is 349 g/mol. The molecule has 0 radical (unpaired) electrons. The number of aliphatic hydroxyl groups excluding tert-OH is 1. The third-order valence-corrected chi connectivity index (χ3v) is 4.48. The Morgan fingerprint density at radius 1 is 1.24 bits per heavy atom. The highest BCUT2D eigenvalue weighted by Gasteiger charge is 2.41. The van der Waals surface area contributed by atoms with Crippen LogP contribution in [0.2, 0.25) is 0 Å². The average Bonchev–Trinajstić information content (AvgIpc) is 3.29. The Morgan fingerprint density at radius 2 is 1.92 bits per heavy atom. The van der Waals surface area contributed by atoms with Gasteiger partial charge in [-0.15, -0.1) is 0 Å². The van der Waals surface area contributed by atoms with Crippen LogP contribution < -0.4 is 5.32 Å². The first-order chi connectivity index (χ1) is 11.8. The number of amides is 1. The van der Waals surface area contributed by atoms with Crippen molar-refractivity contribution in [1.29, 1.82) is 0 Å². The summed E-state index contributed by atoms with van der Waals surface area (Å²) in [5.41, 5.74) is 0.898.